The molecule has 0 aliphatic carbocycles. The van der Waals surface area contributed by atoms with Crippen molar-refractivity contribution in [3.63, 3.8) is 0 Å². The number of carbonyl (C=O) groups excluding carboxylic acids is 1. The van der Waals surface area contributed by atoms with Crippen molar-refractivity contribution in [2.24, 2.45) is 5.92 Å². The smallest absolute Gasteiger partial charge is 0.226 e. The van der Waals surface area contributed by atoms with Crippen LogP contribution in [0.4, 0.5) is 0 Å². The van der Waals surface area contributed by atoms with Crippen molar-refractivity contribution >= 4 is 30.7 Å². The number of aromatic nitrogens is 1. The summed E-state index contributed by atoms with van der Waals surface area (Å²) in [6, 6.07) is 9.93. The highest BCUT2D eigenvalue weighted by Crippen LogP contribution is 2.21. The molecule has 7 heteroatoms. The summed E-state index contributed by atoms with van der Waals surface area (Å²) < 4.78 is 5.71. The van der Waals surface area contributed by atoms with Gasteiger partial charge >= 0.3 is 0 Å². The van der Waals surface area contributed by atoms with E-state index in [0.29, 0.717) is 23.3 Å². The molecule has 138 valence electrons. The number of benzene rings is 1. The third-order valence-corrected chi connectivity index (χ3v) is 4.42. The van der Waals surface area contributed by atoms with E-state index in [0.717, 1.165) is 25.1 Å². The third-order valence-electron chi connectivity index (χ3n) is 4.42. The molecule has 2 N–H and O–H groups in total. The maximum atomic E-state index is 12.3. The predicted octanol–water partition coefficient (Wildman–Crippen LogP) is 3.15. The minimum atomic E-state index is 0. The maximum Gasteiger partial charge on any atom is 0.226 e. The van der Waals surface area contributed by atoms with Gasteiger partial charge < -0.3 is 15.1 Å². The van der Waals surface area contributed by atoms with E-state index in [1.807, 2.05) is 37.3 Å². The first-order valence-corrected chi connectivity index (χ1v) is 8.15. The minimum Gasteiger partial charge on any atom is -0.441 e. The average Bonchev–Trinajstić information content (AvgIpc) is 2.91. The van der Waals surface area contributed by atoms with Crippen molar-refractivity contribution in [3.05, 3.63) is 41.8 Å². The van der Waals surface area contributed by atoms with Crippen LogP contribution in [0.3, 0.4) is 0 Å². The fourth-order valence-corrected chi connectivity index (χ4v) is 2.89. The fourth-order valence-electron chi connectivity index (χ4n) is 2.89. The molecule has 1 amide bonds. The van der Waals surface area contributed by atoms with Crippen molar-refractivity contribution < 1.29 is 9.21 Å². The first-order valence-electron chi connectivity index (χ1n) is 8.15. The molecule has 1 aromatic carbocycles. The van der Waals surface area contributed by atoms with Gasteiger partial charge in [-0.25, -0.2) is 4.98 Å². The Morgan fingerprint density at radius 3 is 2.72 bits per heavy atom. The molecule has 2 atom stereocenters. The van der Waals surface area contributed by atoms with Gasteiger partial charge in [0, 0.05) is 18.2 Å². The summed E-state index contributed by atoms with van der Waals surface area (Å²) in [5, 5.41) is 6.43. The SMILES string of the molecule is Cc1oc(-c2ccccc2)nc1CC(=O)NC1CNCCC1C.Cl.Cl. The number of hydrogen-bond acceptors (Lipinski definition) is 4. The third kappa shape index (κ3) is 5.46. The molecule has 0 radical (unpaired) electrons. The van der Waals surface area contributed by atoms with Crippen LogP contribution < -0.4 is 10.6 Å². The van der Waals surface area contributed by atoms with Gasteiger partial charge in [0.2, 0.25) is 11.8 Å². The van der Waals surface area contributed by atoms with Gasteiger partial charge in [-0.3, -0.25) is 4.79 Å². The molecule has 1 saturated heterocycles. The summed E-state index contributed by atoms with van der Waals surface area (Å²) in [5.74, 6) is 1.77. The maximum absolute atomic E-state index is 12.3. The zero-order chi connectivity index (χ0) is 16.2. The molecule has 1 aliphatic heterocycles. The molecule has 3 rings (SSSR count). The number of piperidine rings is 1. The quantitative estimate of drug-likeness (QED) is 0.847. The standard InChI is InChI=1S/C18H23N3O2.2ClH/c1-12-8-9-19-11-16(12)20-17(22)10-15-13(2)23-18(21-15)14-6-4-3-5-7-14;;/h3-7,12,16,19H,8-11H2,1-2H3,(H,20,22);2*1H. The molecule has 0 saturated carbocycles. The van der Waals surface area contributed by atoms with Gasteiger partial charge in [0.25, 0.3) is 0 Å². The highest BCUT2D eigenvalue weighted by atomic mass is 35.5. The number of nitrogens with zero attached hydrogens (tertiary/aromatic N) is 1. The largest absolute Gasteiger partial charge is 0.441 e. The van der Waals surface area contributed by atoms with Crippen LogP contribution in [0.25, 0.3) is 11.5 Å². The Morgan fingerprint density at radius 1 is 1.32 bits per heavy atom. The number of aryl methyl sites for hydroxylation is 1. The number of nitrogens with one attached hydrogen (secondary N) is 2. The number of carbonyl (C=O) groups is 1. The van der Waals surface area contributed by atoms with E-state index in [-0.39, 0.29) is 43.2 Å². The van der Waals surface area contributed by atoms with Crippen molar-refractivity contribution in [3.8, 4) is 11.5 Å². The van der Waals surface area contributed by atoms with Crippen LogP contribution in [0.5, 0.6) is 0 Å². The monoisotopic (exact) mass is 385 g/mol. The topological polar surface area (TPSA) is 67.2 Å². The molecular formula is C18H25Cl2N3O2. The lowest BCUT2D eigenvalue weighted by Crippen LogP contribution is -2.50. The summed E-state index contributed by atoms with van der Waals surface area (Å²) >= 11 is 0. The van der Waals surface area contributed by atoms with Crippen LogP contribution in [-0.2, 0) is 11.2 Å². The number of rotatable bonds is 4. The molecule has 2 aromatic rings. The van der Waals surface area contributed by atoms with Gasteiger partial charge in [0.05, 0.1) is 12.1 Å². The van der Waals surface area contributed by atoms with Gasteiger partial charge in [0.15, 0.2) is 0 Å². The number of halogens is 2. The molecule has 2 unspecified atom stereocenters. The zero-order valence-corrected chi connectivity index (χ0v) is 16.1. The first-order chi connectivity index (χ1) is 11.1. The van der Waals surface area contributed by atoms with Crippen LogP contribution >= 0.6 is 24.8 Å². The molecule has 0 bridgehead atoms. The van der Waals surface area contributed by atoms with Gasteiger partial charge in [-0.1, -0.05) is 25.1 Å². The van der Waals surface area contributed by atoms with E-state index in [1.165, 1.54) is 0 Å². The predicted molar refractivity (Wildman–Crippen MR) is 103 cm³/mol. The summed E-state index contributed by atoms with van der Waals surface area (Å²) in [7, 11) is 0. The summed E-state index contributed by atoms with van der Waals surface area (Å²) in [6.07, 6.45) is 1.34. The van der Waals surface area contributed by atoms with Crippen molar-refractivity contribution in [1.82, 2.24) is 15.6 Å². The van der Waals surface area contributed by atoms with Crippen LogP contribution in [0.2, 0.25) is 0 Å². The second-order valence-corrected chi connectivity index (χ2v) is 6.21. The number of oxazole rings is 1. The van der Waals surface area contributed by atoms with Gasteiger partial charge in [-0.05, 0) is 37.9 Å². The van der Waals surface area contributed by atoms with E-state index >= 15 is 0 Å². The van der Waals surface area contributed by atoms with E-state index in [4.69, 9.17) is 4.42 Å². The summed E-state index contributed by atoms with van der Waals surface area (Å²) in [4.78, 5) is 16.8. The molecule has 25 heavy (non-hydrogen) atoms. The first kappa shape index (κ1) is 21.5. The second-order valence-electron chi connectivity index (χ2n) is 6.21. The normalized spacial score (nSPS) is 19.4. The minimum absolute atomic E-state index is 0. The second kappa shape index (κ2) is 9.80. The summed E-state index contributed by atoms with van der Waals surface area (Å²) in [5.41, 5.74) is 1.63. The Bertz CT molecular complexity index is 676. The van der Waals surface area contributed by atoms with Crippen LogP contribution in [0, 0.1) is 12.8 Å². The molecule has 5 nitrogen and oxygen atoms in total. The number of hydrogen-bond donors (Lipinski definition) is 2. The van der Waals surface area contributed by atoms with E-state index in [1.54, 1.807) is 0 Å². The van der Waals surface area contributed by atoms with Gasteiger partial charge in [-0.2, -0.15) is 0 Å². The van der Waals surface area contributed by atoms with Crippen molar-refractivity contribution in [2.75, 3.05) is 13.1 Å². The van der Waals surface area contributed by atoms with Gasteiger partial charge in [-0.15, -0.1) is 24.8 Å². The van der Waals surface area contributed by atoms with Crippen molar-refractivity contribution in [2.45, 2.75) is 32.7 Å². The molecule has 0 spiro atoms. The van der Waals surface area contributed by atoms with Crippen LogP contribution in [0.15, 0.2) is 34.7 Å². The molecule has 2 heterocycles. The average molecular weight is 386 g/mol. The van der Waals surface area contributed by atoms with E-state index < -0.39 is 0 Å². The summed E-state index contributed by atoms with van der Waals surface area (Å²) in [6.45, 7) is 5.89. The highest BCUT2D eigenvalue weighted by Gasteiger charge is 2.23. The fraction of sp³-hybridized carbons (Fsp3) is 0.444. The lowest BCUT2D eigenvalue weighted by atomic mass is 9.94. The molecule has 1 fully saturated rings. The zero-order valence-electron chi connectivity index (χ0n) is 14.5. The van der Waals surface area contributed by atoms with Gasteiger partial charge in [0.1, 0.15) is 5.76 Å². The Hall–Kier alpha value is -1.56. The Morgan fingerprint density at radius 2 is 2.04 bits per heavy atom. The Balaban J connectivity index is 0.00000156. The van der Waals surface area contributed by atoms with E-state index in [2.05, 4.69) is 22.5 Å². The van der Waals surface area contributed by atoms with Crippen molar-refractivity contribution in [1.29, 1.82) is 0 Å². The lowest BCUT2D eigenvalue weighted by molar-refractivity contribution is -0.121. The van der Waals surface area contributed by atoms with Crippen LogP contribution in [0.1, 0.15) is 24.8 Å². The van der Waals surface area contributed by atoms with Crippen LogP contribution in [-0.4, -0.2) is 30.0 Å². The Labute approximate surface area is 160 Å². The highest BCUT2D eigenvalue weighted by molar-refractivity contribution is 5.85. The molecule has 1 aromatic heterocycles. The van der Waals surface area contributed by atoms with E-state index in [9.17, 15) is 4.79 Å². The Kier molecular flexibility index (Phi) is 8.42. The molecular weight excluding hydrogens is 361 g/mol. The molecule has 1 aliphatic rings. The lowest BCUT2D eigenvalue weighted by Gasteiger charge is -2.30. The number of amides is 1.